The van der Waals surface area contributed by atoms with Crippen LogP contribution in [0.4, 0.5) is 0 Å². The Morgan fingerprint density at radius 2 is 2.14 bits per heavy atom. The van der Waals surface area contributed by atoms with E-state index in [0.29, 0.717) is 19.1 Å². The number of rotatable bonds is 4. The van der Waals surface area contributed by atoms with Crippen molar-refractivity contribution in [1.82, 2.24) is 24.6 Å². The fourth-order valence-electron chi connectivity index (χ4n) is 2.58. The number of ether oxygens (including phenoxy) is 1. The number of likely N-dealkylation sites (tertiary alicyclic amines) is 1. The SMILES string of the molecule is Cc1cc(C)nc(O[C@H]2CCN(C(=O)Cn3cccn3)C2)n1. The maximum Gasteiger partial charge on any atom is 0.317 e. The van der Waals surface area contributed by atoms with Gasteiger partial charge in [0.05, 0.1) is 6.54 Å². The third kappa shape index (κ3) is 3.41. The van der Waals surface area contributed by atoms with Crippen LogP contribution in [0.5, 0.6) is 6.01 Å². The van der Waals surface area contributed by atoms with Gasteiger partial charge in [0.15, 0.2) is 0 Å². The van der Waals surface area contributed by atoms with E-state index in [1.54, 1.807) is 28.0 Å². The molecule has 0 unspecified atom stereocenters. The molecule has 3 rings (SSSR count). The van der Waals surface area contributed by atoms with Crippen molar-refractivity contribution in [1.29, 1.82) is 0 Å². The molecule has 1 atom stereocenters. The number of aromatic nitrogens is 4. The van der Waals surface area contributed by atoms with Gasteiger partial charge in [-0.1, -0.05) is 0 Å². The maximum atomic E-state index is 12.2. The smallest absolute Gasteiger partial charge is 0.317 e. The van der Waals surface area contributed by atoms with Crippen molar-refractivity contribution < 1.29 is 9.53 Å². The van der Waals surface area contributed by atoms with Crippen molar-refractivity contribution in [3.63, 3.8) is 0 Å². The van der Waals surface area contributed by atoms with Crippen LogP contribution in [0.3, 0.4) is 0 Å². The van der Waals surface area contributed by atoms with Crippen LogP contribution in [-0.2, 0) is 11.3 Å². The quantitative estimate of drug-likeness (QED) is 0.841. The Balaban J connectivity index is 1.56. The van der Waals surface area contributed by atoms with E-state index in [2.05, 4.69) is 15.1 Å². The predicted molar refractivity (Wildman–Crippen MR) is 79.3 cm³/mol. The first kappa shape index (κ1) is 14.5. The summed E-state index contributed by atoms with van der Waals surface area (Å²) < 4.78 is 7.44. The molecule has 1 saturated heterocycles. The van der Waals surface area contributed by atoms with Crippen molar-refractivity contribution in [3.05, 3.63) is 35.9 Å². The molecule has 2 aromatic rings. The van der Waals surface area contributed by atoms with E-state index in [-0.39, 0.29) is 18.6 Å². The summed E-state index contributed by atoms with van der Waals surface area (Å²) in [6.45, 7) is 5.35. The van der Waals surface area contributed by atoms with Gasteiger partial charge < -0.3 is 9.64 Å². The lowest BCUT2D eigenvalue weighted by Crippen LogP contribution is -2.33. The fourth-order valence-corrected chi connectivity index (χ4v) is 2.58. The first-order valence-corrected chi connectivity index (χ1v) is 7.34. The van der Waals surface area contributed by atoms with Gasteiger partial charge in [0.1, 0.15) is 12.6 Å². The largest absolute Gasteiger partial charge is 0.458 e. The molecule has 0 radical (unpaired) electrons. The lowest BCUT2D eigenvalue weighted by atomic mass is 10.3. The molecule has 3 heterocycles. The summed E-state index contributed by atoms with van der Waals surface area (Å²) >= 11 is 0. The van der Waals surface area contributed by atoms with Gasteiger partial charge in [0.25, 0.3) is 0 Å². The van der Waals surface area contributed by atoms with E-state index >= 15 is 0 Å². The molecule has 0 saturated carbocycles. The Morgan fingerprint density at radius 1 is 1.36 bits per heavy atom. The molecule has 1 aliphatic heterocycles. The highest BCUT2D eigenvalue weighted by Gasteiger charge is 2.28. The minimum atomic E-state index is -0.0530. The zero-order chi connectivity index (χ0) is 15.5. The summed E-state index contributed by atoms with van der Waals surface area (Å²) in [6, 6.07) is 4.10. The molecule has 1 amide bonds. The Labute approximate surface area is 128 Å². The van der Waals surface area contributed by atoms with Crippen LogP contribution in [0.2, 0.25) is 0 Å². The summed E-state index contributed by atoms with van der Waals surface area (Å²) in [7, 11) is 0. The Kier molecular flexibility index (Phi) is 4.04. The predicted octanol–water partition coefficient (Wildman–Crippen LogP) is 0.970. The molecule has 0 spiro atoms. The summed E-state index contributed by atoms with van der Waals surface area (Å²) in [5.74, 6) is 0.0520. The van der Waals surface area contributed by atoms with E-state index in [9.17, 15) is 4.79 Å². The zero-order valence-electron chi connectivity index (χ0n) is 12.8. The molecule has 0 aliphatic carbocycles. The number of aryl methyl sites for hydroxylation is 2. The highest BCUT2D eigenvalue weighted by Crippen LogP contribution is 2.16. The second-order valence-corrected chi connectivity index (χ2v) is 5.51. The second-order valence-electron chi connectivity index (χ2n) is 5.51. The molecule has 7 heteroatoms. The van der Waals surface area contributed by atoms with Gasteiger partial charge in [-0.2, -0.15) is 5.10 Å². The van der Waals surface area contributed by atoms with Gasteiger partial charge in [-0.15, -0.1) is 0 Å². The highest BCUT2D eigenvalue weighted by molar-refractivity contribution is 5.76. The van der Waals surface area contributed by atoms with Gasteiger partial charge >= 0.3 is 6.01 Å². The average Bonchev–Trinajstić information content (AvgIpc) is 3.09. The van der Waals surface area contributed by atoms with Crippen LogP contribution in [0.15, 0.2) is 24.5 Å². The van der Waals surface area contributed by atoms with Crippen LogP contribution in [0.1, 0.15) is 17.8 Å². The lowest BCUT2D eigenvalue weighted by Gasteiger charge is -2.16. The van der Waals surface area contributed by atoms with Crippen molar-refractivity contribution >= 4 is 5.91 Å². The second kappa shape index (κ2) is 6.13. The topological polar surface area (TPSA) is 73.1 Å². The van der Waals surface area contributed by atoms with Crippen molar-refractivity contribution in [3.8, 4) is 6.01 Å². The molecule has 1 fully saturated rings. The van der Waals surface area contributed by atoms with Crippen LogP contribution < -0.4 is 4.74 Å². The van der Waals surface area contributed by atoms with Crippen molar-refractivity contribution in [2.24, 2.45) is 0 Å². The van der Waals surface area contributed by atoms with Gasteiger partial charge in [0.2, 0.25) is 5.91 Å². The van der Waals surface area contributed by atoms with E-state index in [1.807, 2.05) is 19.9 Å². The molecular weight excluding hydrogens is 282 g/mol. The van der Waals surface area contributed by atoms with E-state index in [1.165, 1.54) is 0 Å². The third-order valence-electron chi connectivity index (χ3n) is 3.59. The zero-order valence-corrected chi connectivity index (χ0v) is 12.8. The third-order valence-corrected chi connectivity index (χ3v) is 3.59. The van der Waals surface area contributed by atoms with Crippen LogP contribution in [-0.4, -0.2) is 49.7 Å². The fraction of sp³-hybridized carbons (Fsp3) is 0.467. The van der Waals surface area contributed by atoms with Crippen LogP contribution in [0.25, 0.3) is 0 Å². The van der Waals surface area contributed by atoms with Gasteiger partial charge in [-0.25, -0.2) is 9.97 Å². The molecule has 7 nitrogen and oxygen atoms in total. The number of carbonyl (C=O) groups is 1. The Morgan fingerprint density at radius 3 is 2.82 bits per heavy atom. The summed E-state index contributed by atoms with van der Waals surface area (Å²) in [5.41, 5.74) is 1.76. The Hall–Kier alpha value is -2.44. The van der Waals surface area contributed by atoms with Crippen molar-refractivity contribution in [2.45, 2.75) is 32.9 Å². The number of hydrogen-bond donors (Lipinski definition) is 0. The van der Waals surface area contributed by atoms with E-state index < -0.39 is 0 Å². The minimum Gasteiger partial charge on any atom is -0.458 e. The molecule has 0 aromatic carbocycles. The molecule has 2 aromatic heterocycles. The normalized spacial score (nSPS) is 17.7. The summed E-state index contributed by atoms with van der Waals surface area (Å²) in [6.07, 6.45) is 4.19. The van der Waals surface area contributed by atoms with Crippen molar-refractivity contribution in [2.75, 3.05) is 13.1 Å². The molecule has 0 N–H and O–H groups in total. The summed E-state index contributed by atoms with van der Waals surface area (Å²) in [4.78, 5) is 22.6. The Bertz CT molecular complexity index is 636. The number of amides is 1. The molecular formula is C15H19N5O2. The molecule has 116 valence electrons. The van der Waals surface area contributed by atoms with E-state index in [0.717, 1.165) is 17.8 Å². The van der Waals surface area contributed by atoms with Crippen LogP contribution in [0, 0.1) is 13.8 Å². The molecule has 1 aliphatic rings. The number of hydrogen-bond acceptors (Lipinski definition) is 5. The van der Waals surface area contributed by atoms with E-state index in [4.69, 9.17) is 4.74 Å². The molecule has 22 heavy (non-hydrogen) atoms. The molecule has 0 bridgehead atoms. The van der Waals surface area contributed by atoms with Gasteiger partial charge in [-0.3, -0.25) is 9.48 Å². The standard InChI is InChI=1S/C15H19N5O2/c1-11-8-12(2)18-15(17-11)22-13-4-7-19(9-13)14(21)10-20-6-3-5-16-20/h3,5-6,8,13H,4,7,9-10H2,1-2H3/t13-/m0/s1. The highest BCUT2D eigenvalue weighted by atomic mass is 16.5. The number of carbonyl (C=O) groups excluding carboxylic acids is 1. The van der Waals surface area contributed by atoms with Crippen LogP contribution >= 0.6 is 0 Å². The lowest BCUT2D eigenvalue weighted by molar-refractivity contribution is -0.131. The first-order chi connectivity index (χ1) is 10.6. The number of nitrogens with zero attached hydrogens (tertiary/aromatic N) is 5. The van der Waals surface area contributed by atoms with Gasteiger partial charge in [0, 0.05) is 36.7 Å². The average molecular weight is 301 g/mol. The maximum absolute atomic E-state index is 12.2. The first-order valence-electron chi connectivity index (χ1n) is 7.34. The van der Waals surface area contributed by atoms with Gasteiger partial charge in [-0.05, 0) is 26.0 Å². The minimum absolute atomic E-state index is 0.0520. The monoisotopic (exact) mass is 301 g/mol. The summed E-state index contributed by atoms with van der Waals surface area (Å²) in [5, 5.41) is 4.05.